The summed E-state index contributed by atoms with van der Waals surface area (Å²) in [6.07, 6.45) is 2.51. The van der Waals surface area contributed by atoms with Crippen LogP contribution in [-0.2, 0) is 20.0 Å². The van der Waals surface area contributed by atoms with Crippen LogP contribution in [0, 0.1) is 13.8 Å². The van der Waals surface area contributed by atoms with Crippen molar-refractivity contribution < 1.29 is 0 Å². The van der Waals surface area contributed by atoms with Crippen molar-refractivity contribution >= 4 is 5.96 Å². The van der Waals surface area contributed by atoms with Gasteiger partial charge in [0.1, 0.15) is 12.2 Å². The van der Waals surface area contributed by atoms with Gasteiger partial charge in [-0.05, 0) is 25.8 Å². The van der Waals surface area contributed by atoms with Crippen LogP contribution in [0.1, 0.15) is 22.5 Å². The maximum absolute atomic E-state index is 4.22. The molecule has 0 unspecified atom stereocenters. The summed E-state index contributed by atoms with van der Waals surface area (Å²) in [6, 6.07) is 6.65. The average molecular weight is 300 g/mol. The normalized spacial score (nSPS) is 11.5. The van der Waals surface area contributed by atoms with E-state index in [1.54, 1.807) is 18.1 Å². The molecule has 118 valence electrons. The van der Waals surface area contributed by atoms with E-state index in [1.165, 1.54) is 16.7 Å². The second-order valence-corrected chi connectivity index (χ2v) is 5.40. The number of aromatic nitrogens is 3. The molecule has 0 saturated heterocycles. The monoisotopic (exact) mass is 300 g/mol. The maximum atomic E-state index is 4.22. The van der Waals surface area contributed by atoms with Crippen LogP contribution in [0.3, 0.4) is 0 Å². The van der Waals surface area contributed by atoms with Gasteiger partial charge in [0.15, 0.2) is 5.96 Å². The first-order valence-electron chi connectivity index (χ1n) is 7.43. The quantitative estimate of drug-likeness (QED) is 0.646. The van der Waals surface area contributed by atoms with Crippen molar-refractivity contribution in [2.45, 2.75) is 26.8 Å². The summed E-state index contributed by atoms with van der Waals surface area (Å²) < 4.78 is 1.75. The van der Waals surface area contributed by atoms with Gasteiger partial charge in [0.25, 0.3) is 0 Å². The summed E-state index contributed by atoms with van der Waals surface area (Å²) in [5.74, 6) is 1.64. The fraction of sp³-hybridized carbons (Fsp3) is 0.438. The Bertz CT molecular complexity index is 624. The van der Waals surface area contributed by atoms with E-state index in [9.17, 15) is 0 Å². The fourth-order valence-electron chi connectivity index (χ4n) is 2.40. The Kier molecular flexibility index (Phi) is 5.52. The largest absolute Gasteiger partial charge is 0.356 e. The zero-order valence-corrected chi connectivity index (χ0v) is 13.7. The number of aliphatic imine (C=N–C) groups is 1. The molecular weight excluding hydrogens is 276 g/mol. The lowest BCUT2D eigenvalue weighted by Crippen LogP contribution is -2.38. The molecule has 6 heteroatoms. The minimum atomic E-state index is 0.597. The van der Waals surface area contributed by atoms with Crippen molar-refractivity contribution in [2.75, 3.05) is 13.6 Å². The first-order valence-corrected chi connectivity index (χ1v) is 7.43. The van der Waals surface area contributed by atoms with Crippen LogP contribution in [0.2, 0.25) is 0 Å². The second kappa shape index (κ2) is 7.59. The van der Waals surface area contributed by atoms with Crippen molar-refractivity contribution in [3.8, 4) is 0 Å². The van der Waals surface area contributed by atoms with Crippen LogP contribution < -0.4 is 10.6 Å². The van der Waals surface area contributed by atoms with E-state index in [0.717, 1.165) is 24.7 Å². The molecule has 0 spiro atoms. The highest BCUT2D eigenvalue weighted by Gasteiger charge is 2.03. The number of guanidine groups is 1. The van der Waals surface area contributed by atoms with Crippen molar-refractivity contribution in [2.24, 2.45) is 12.0 Å². The van der Waals surface area contributed by atoms with Gasteiger partial charge in [-0.3, -0.25) is 9.67 Å². The van der Waals surface area contributed by atoms with Crippen molar-refractivity contribution in [1.29, 1.82) is 0 Å². The highest BCUT2D eigenvalue weighted by molar-refractivity contribution is 5.79. The van der Waals surface area contributed by atoms with Gasteiger partial charge in [-0.1, -0.05) is 29.3 Å². The molecular formula is C16H24N6. The van der Waals surface area contributed by atoms with E-state index < -0.39 is 0 Å². The first kappa shape index (κ1) is 16.0. The number of nitrogens with zero attached hydrogens (tertiary/aromatic N) is 4. The van der Waals surface area contributed by atoms with Gasteiger partial charge in [-0.25, -0.2) is 4.98 Å². The van der Waals surface area contributed by atoms with E-state index in [4.69, 9.17) is 0 Å². The number of aryl methyl sites for hydroxylation is 3. The summed E-state index contributed by atoms with van der Waals surface area (Å²) in [5, 5.41) is 10.6. The molecule has 0 aliphatic carbocycles. The number of hydrogen-bond acceptors (Lipinski definition) is 3. The molecule has 0 saturated carbocycles. The molecule has 0 fully saturated rings. The molecule has 1 aromatic carbocycles. The predicted octanol–water partition coefficient (Wildman–Crippen LogP) is 1.34. The van der Waals surface area contributed by atoms with Crippen LogP contribution in [0.4, 0.5) is 0 Å². The number of benzene rings is 1. The fourth-order valence-corrected chi connectivity index (χ4v) is 2.40. The standard InChI is InChI=1S/C16H24N6/c1-12-7-13(2)9-14(8-12)5-6-18-16(17-3)19-10-15-20-11-21-22(15)4/h7-9,11H,5-6,10H2,1-4H3,(H2,17,18,19). The molecule has 1 heterocycles. The Morgan fingerprint density at radius 1 is 1.18 bits per heavy atom. The first-order chi connectivity index (χ1) is 10.6. The number of nitrogens with one attached hydrogen (secondary N) is 2. The molecule has 1 aromatic heterocycles. The lowest BCUT2D eigenvalue weighted by atomic mass is 10.1. The van der Waals surface area contributed by atoms with Crippen LogP contribution in [0.15, 0.2) is 29.5 Å². The predicted molar refractivity (Wildman–Crippen MR) is 88.8 cm³/mol. The number of rotatable bonds is 5. The van der Waals surface area contributed by atoms with Crippen LogP contribution in [-0.4, -0.2) is 34.3 Å². The minimum Gasteiger partial charge on any atom is -0.356 e. The van der Waals surface area contributed by atoms with Gasteiger partial charge in [0.2, 0.25) is 0 Å². The van der Waals surface area contributed by atoms with Crippen molar-refractivity contribution in [3.63, 3.8) is 0 Å². The Morgan fingerprint density at radius 2 is 1.91 bits per heavy atom. The van der Waals surface area contributed by atoms with E-state index >= 15 is 0 Å². The lowest BCUT2D eigenvalue weighted by molar-refractivity contribution is 0.672. The summed E-state index contributed by atoms with van der Waals surface area (Å²) >= 11 is 0. The molecule has 0 aliphatic heterocycles. The second-order valence-electron chi connectivity index (χ2n) is 5.40. The SMILES string of the molecule is CN=C(NCCc1cc(C)cc(C)c1)NCc1ncnn1C. The highest BCUT2D eigenvalue weighted by atomic mass is 15.3. The molecule has 0 atom stereocenters. The van der Waals surface area contributed by atoms with Gasteiger partial charge in [-0.2, -0.15) is 5.10 Å². The van der Waals surface area contributed by atoms with Crippen LogP contribution in [0.25, 0.3) is 0 Å². The van der Waals surface area contributed by atoms with Gasteiger partial charge in [0, 0.05) is 20.6 Å². The molecule has 6 nitrogen and oxygen atoms in total. The van der Waals surface area contributed by atoms with Gasteiger partial charge >= 0.3 is 0 Å². The smallest absolute Gasteiger partial charge is 0.191 e. The molecule has 0 radical (unpaired) electrons. The molecule has 0 amide bonds. The highest BCUT2D eigenvalue weighted by Crippen LogP contribution is 2.08. The third-order valence-electron chi connectivity index (χ3n) is 3.43. The van der Waals surface area contributed by atoms with E-state index in [0.29, 0.717) is 6.54 Å². The van der Waals surface area contributed by atoms with Crippen molar-refractivity contribution in [3.05, 3.63) is 47.0 Å². The molecule has 22 heavy (non-hydrogen) atoms. The Morgan fingerprint density at radius 3 is 2.50 bits per heavy atom. The van der Waals surface area contributed by atoms with Crippen LogP contribution >= 0.6 is 0 Å². The average Bonchev–Trinajstić information content (AvgIpc) is 2.87. The van der Waals surface area contributed by atoms with Gasteiger partial charge in [-0.15, -0.1) is 0 Å². The summed E-state index contributed by atoms with van der Waals surface area (Å²) in [6.45, 7) is 5.69. The van der Waals surface area contributed by atoms with Gasteiger partial charge in [0.05, 0.1) is 6.54 Å². The third kappa shape index (κ3) is 4.58. The third-order valence-corrected chi connectivity index (χ3v) is 3.43. The van der Waals surface area contributed by atoms with Crippen LogP contribution in [0.5, 0.6) is 0 Å². The Balaban J connectivity index is 1.80. The molecule has 0 bridgehead atoms. The maximum Gasteiger partial charge on any atom is 0.191 e. The molecule has 0 aliphatic rings. The van der Waals surface area contributed by atoms with E-state index in [-0.39, 0.29) is 0 Å². The summed E-state index contributed by atoms with van der Waals surface area (Å²) in [5.41, 5.74) is 3.95. The molecule has 2 rings (SSSR count). The zero-order chi connectivity index (χ0) is 15.9. The van der Waals surface area contributed by atoms with E-state index in [1.807, 2.05) is 7.05 Å². The van der Waals surface area contributed by atoms with Crippen molar-refractivity contribution in [1.82, 2.24) is 25.4 Å². The zero-order valence-electron chi connectivity index (χ0n) is 13.7. The topological polar surface area (TPSA) is 67.1 Å². The Hall–Kier alpha value is -2.37. The molecule has 2 N–H and O–H groups in total. The Labute approximate surface area is 131 Å². The summed E-state index contributed by atoms with van der Waals surface area (Å²) in [4.78, 5) is 8.40. The van der Waals surface area contributed by atoms with Gasteiger partial charge < -0.3 is 10.6 Å². The minimum absolute atomic E-state index is 0.597. The summed E-state index contributed by atoms with van der Waals surface area (Å²) in [7, 11) is 3.64. The molecule has 2 aromatic rings. The number of hydrogen-bond donors (Lipinski definition) is 2. The lowest BCUT2D eigenvalue weighted by Gasteiger charge is -2.12. The van der Waals surface area contributed by atoms with E-state index in [2.05, 4.69) is 57.8 Å².